The fraction of sp³-hybridized carbons (Fsp3) is 0.350. The molecule has 0 spiro atoms. The zero-order valence-corrected chi connectivity index (χ0v) is 17.8. The van der Waals surface area contributed by atoms with Crippen molar-refractivity contribution in [2.45, 2.75) is 18.8 Å². The van der Waals surface area contributed by atoms with Gasteiger partial charge in [-0.05, 0) is 17.2 Å². The molecule has 0 aliphatic rings. The van der Waals surface area contributed by atoms with Crippen LogP contribution in [-0.4, -0.2) is 37.8 Å². The van der Waals surface area contributed by atoms with Crippen molar-refractivity contribution in [2.75, 3.05) is 26.7 Å². The highest BCUT2D eigenvalue weighted by Gasteiger charge is 2.14. The number of halogens is 3. The van der Waals surface area contributed by atoms with Crippen LogP contribution in [0.15, 0.2) is 53.5 Å². The molecule has 2 unspecified atom stereocenters. The molecule has 0 bridgehead atoms. The molecule has 2 aromatic carbocycles. The number of rotatable bonds is 7. The minimum Gasteiger partial charge on any atom is -0.396 e. The van der Waals surface area contributed by atoms with E-state index in [0.29, 0.717) is 24.6 Å². The molecule has 0 aliphatic carbocycles. The van der Waals surface area contributed by atoms with E-state index in [1.807, 2.05) is 37.3 Å². The van der Waals surface area contributed by atoms with E-state index >= 15 is 0 Å². The van der Waals surface area contributed by atoms with Crippen molar-refractivity contribution in [3.63, 3.8) is 0 Å². The molecular formula is C20H26F2IN3O. The molecule has 0 radical (unpaired) electrons. The van der Waals surface area contributed by atoms with Gasteiger partial charge in [0.25, 0.3) is 0 Å². The topological polar surface area (TPSA) is 56.7 Å². The van der Waals surface area contributed by atoms with E-state index in [1.54, 1.807) is 7.05 Å². The van der Waals surface area contributed by atoms with Crippen LogP contribution >= 0.6 is 24.0 Å². The minimum absolute atomic E-state index is 0. The zero-order chi connectivity index (χ0) is 18.9. The molecule has 148 valence electrons. The van der Waals surface area contributed by atoms with E-state index in [0.717, 1.165) is 11.6 Å². The third-order valence-electron chi connectivity index (χ3n) is 4.30. The average Bonchev–Trinajstić information content (AvgIpc) is 2.65. The highest BCUT2D eigenvalue weighted by Crippen LogP contribution is 2.19. The Morgan fingerprint density at radius 3 is 2.33 bits per heavy atom. The van der Waals surface area contributed by atoms with Gasteiger partial charge >= 0.3 is 0 Å². The third-order valence-corrected chi connectivity index (χ3v) is 4.30. The molecule has 2 aromatic rings. The van der Waals surface area contributed by atoms with Crippen molar-refractivity contribution < 1.29 is 13.9 Å². The first-order chi connectivity index (χ1) is 12.5. The predicted molar refractivity (Wildman–Crippen MR) is 116 cm³/mol. The van der Waals surface area contributed by atoms with Crippen LogP contribution in [0.5, 0.6) is 0 Å². The van der Waals surface area contributed by atoms with Crippen molar-refractivity contribution in [1.82, 2.24) is 10.6 Å². The number of hydrogen-bond donors (Lipinski definition) is 3. The predicted octanol–water partition coefficient (Wildman–Crippen LogP) is 3.63. The van der Waals surface area contributed by atoms with E-state index in [4.69, 9.17) is 0 Å². The molecule has 4 nitrogen and oxygen atoms in total. The van der Waals surface area contributed by atoms with Crippen molar-refractivity contribution in [3.05, 3.63) is 71.3 Å². The molecule has 7 heteroatoms. The molecule has 0 saturated heterocycles. The summed E-state index contributed by atoms with van der Waals surface area (Å²) in [5.41, 5.74) is 1.49. The van der Waals surface area contributed by atoms with E-state index in [1.165, 1.54) is 12.1 Å². The van der Waals surface area contributed by atoms with Gasteiger partial charge in [0, 0.05) is 38.0 Å². The van der Waals surface area contributed by atoms with Gasteiger partial charge in [0.05, 0.1) is 6.61 Å². The van der Waals surface area contributed by atoms with Crippen LogP contribution in [0.1, 0.15) is 29.9 Å². The van der Waals surface area contributed by atoms with Gasteiger partial charge < -0.3 is 15.7 Å². The first-order valence-corrected chi connectivity index (χ1v) is 8.60. The van der Waals surface area contributed by atoms with Crippen LogP contribution in [-0.2, 0) is 0 Å². The monoisotopic (exact) mass is 489 g/mol. The van der Waals surface area contributed by atoms with Crippen molar-refractivity contribution in [2.24, 2.45) is 4.99 Å². The average molecular weight is 489 g/mol. The molecule has 2 rings (SSSR count). The Kier molecular flexibility index (Phi) is 10.2. The number of guanidine groups is 1. The maximum absolute atomic E-state index is 13.9. The Morgan fingerprint density at radius 1 is 1.07 bits per heavy atom. The molecule has 3 N–H and O–H groups in total. The molecule has 0 aromatic heterocycles. The normalized spacial score (nSPS) is 13.4. The third kappa shape index (κ3) is 7.06. The van der Waals surface area contributed by atoms with Crippen LogP contribution < -0.4 is 10.6 Å². The Hall–Kier alpha value is -1.74. The summed E-state index contributed by atoms with van der Waals surface area (Å²) < 4.78 is 26.9. The lowest BCUT2D eigenvalue weighted by molar-refractivity contribution is 0.265. The largest absolute Gasteiger partial charge is 0.396 e. The fourth-order valence-corrected chi connectivity index (χ4v) is 2.71. The van der Waals surface area contributed by atoms with E-state index in [9.17, 15) is 13.9 Å². The second-order valence-corrected chi connectivity index (χ2v) is 6.19. The molecule has 0 aliphatic heterocycles. The molecular weight excluding hydrogens is 463 g/mol. The number of aliphatic hydroxyl groups excluding tert-OH is 1. The SMILES string of the molecule is CN=C(NCC(C)c1ccc(F)cc1F)NCC(CO)c1ccccc1.I. The fourth-order valence-electron chi connectivity index (χ4n) is 2.71. The highest BCUT2D eigenvalue weighted by atomic mass is 127. The van der Waals surface area contributed by atoms with Gasteiger partial charge in [0.2, 0.25) is 0 Å². The lowest BCUT2D eigenvalue weighted by Gasteiger charge is -2.20. The Morgan fingerprint density at radius 2 is 1.74 bits per heavy atom. The number of aliphatic hydroxyl groups is 1. The summed E-state index contributed by atoms with van der Waals surface area (Å²) in [4.78, 5) is 4.15. The lowest BCUT2D eigenvalue weighted by Crippen LogP contribution is -2.41. The van der Waals surface area contributed by atoms with Crippen LogP contribution in [0.2, 0.25) is 0 Å². The first kappa shape index (κ1) is 23.3. The number of aliphatic imine (C=N–C) groups is 1. The molecule has 0 saturated carbocycles. The van der Waals surface area contributed by atoms with Crippen molar-refractivity contribution in [3.8, 4) is 0 Å². The van der Waals surface area contributed by atoms with E-state index < -0.39 is 11.6 Å². The number of hydrogen-bond acceptors (Lipinski definition) is 2. The molecule has 0 amide bonds. The zero-order valence-electron chi connectivity index (χ0n) is 15.5. The van der Waals surface area contributed by atoms with Gasteiger partial charge in [-0.15, -0.1) is 24.0 Å². The maximum atomic E-state index is 13.9. The van der Waals surface area contributed by atoms with Crippen LogP contribution in [0, 0.1) is 11.6 Å². The number of benzene rings is 2. The summed E-state index contributed by atoms with van der Waals surface area (Å²) in [7, 11) is 1.65. The van der Waals surface area contributed by atoms with Crippen molar-refractivity contribution >= 4 is 29.9 Å². The van der Waals surface area contributed by atoms with Crippen LogP contribution in [0.3, 0.4) is 0 Å². The number of nitrogens with one attached hydrogen (secondary N) is 2. The molecule has 0 heterocycles. The summed E-state index contributed by atoms with van der Waals surface area (Å²) in [5, 5.41) is 15.9. The van der Waals surface area contributed by atoms with Gasteiger partial charge in [-0.25, -0.2) is 8.78 Å². The van der Waals surface area contributed by atoms with Crippen LogP contribution in [0.25, 0.3) is 0 Å². The van der Waals surface area contributed by atoms with E-state index in [2.05, 4.69) is 15.6 Å². The minimum atomic E-state index is -0.583. The lowest BCUT2D eigenvalue weighted by atomic mass is 10.00. The van der Waals surface area contributed by atoms with Gasteiger partial charge in [-0.2, -0.15) is 0 Å². The maximum Gasteiger partial charge on any atom is 0.191 e. The molecule has 0 fully saturated rings. The Balaban J connectivity index is 0.00000364. The first-order valence-electron chi connectivity index (χ1n) is 8.60. The Labute approximate surface area is 176 Å². The van der Waals surface area contributed by atoms with E-state index in [-0.39, 0.29) is 42.4 Å². The summed E-state index contributed by atoms with van der Waals surface area (Å²) in [6.45, 7) is 2.83. The second-order valence-electron chi connectivity index (χ2n) is 6.19. The van der Waals surface area contributed by atoms with Gasteiger partial charge in [0.15, 0.2) is 5.96 Å². The van der Waals surface area contributed by atoms with Gasteiger partial charge in [0.1, 0.15) is 11.6 Å². The van der Waals surface area contributed by atoms with Gasteiger partial charge in [-0.1, -0.05) is 43.3 Å². The number of nitrogens with zero attached hydrogens (tertiary/aromatic N) is 1. The summed E-state index contributed by atoms with van der Waals surface area (Å²) in [6, 6.07) is 13.4. The summed E-state index contributed by atoms with van der Waals surface area (Å²) in [6.07, 6.45) is 0. The smallest absolute Gasteiger partial charge is 0.191 e. The quantitative estimate of drug-likeness (QED) is 0.317. The summed E-state index contributed by atoms with van der Waals surface area (Å²) in [5.74, 6) is -0.779. The standard InChI is InChI=1S/C20H25F2N3O.HI/c1-14(18-9-8-17(21)10-19(18)22)11-24-20(23-2)25-12-16(13-26)15-6-4-3-5-7-15;/h3-10,14,16,26H,11-13H2,1-2H3,(H2,23,24,25);1H. The highest BCUT2D eigenvalue weighted by molar-refractivity contribution is 14.0. The second kappa shape index (κ2) is 11.9. The Bertz CT molecular complexity index is 728. The summed E-state index contributed by atoms with van der Waals surface area (Å²) >= 11 is 0. The van der Waals surface area contributed by atoms with Gasteiger partial charge in [-0.3, -0.25) is 4.99 Å². The molecule has 2 atom stereocenters. The van der Waals surface area contributed by atoms with Crippen LogP contribution in [0.4, 0.5) is 8.78 Å². The van der Waals surface area contributed by atoms with Crippen molar-refractivity contribution in [1.29, 1.82) is 0 Å². The molecule has 27 heavy (non-hydrogen) atoms.